The van der Waals surface area contributed by atoms with Crippen LogP contribution in [0.5, 0.6) is 5.75 Å². The predicted octanol–water partition coefficient (Wildman–Crippen LogP) is 4.25. The van der Waals surface area contributed by atoms with E-state index in [0.29, 0.717) is 27.5 Å². The molecule has 6 nitrogen and oxygen atoms in total. The molecule has 1 fully saturated rings. The number of carbonyl (C=O) groups excluding carboxylic acids is 1. The molecule has 1 aliphatic rings. The van der Waals surface area contributed by atoms with E-state index in [-0.39, 0.29) is 41.9 Å². The van der Waals surface area contributed by atoms with E-state index < -0.39 is 5.97 Å². The zero-order valence-electron chi connectivity index (χ0n) is 21.5. The zero-order chi connectivity index (χ0) is 26.9. The van der Waals surface area contributed by atoms with Crippen LogP contribution in [0.1, 0.15) is 24.5 Å². The summed E-state index contributed by atoms with van der Waals surface area (Å²) in [6, 6.07) is 29.9. The SMILES string of the molecule is CCC(=O)O.O=C1NC(=Nc2cc[c-]cc2)SC1=Cc1cc2ccccc2cc1OCc1ccc(Cl)cc1.[Na+]. The summed E-state index contributed by atoms with van der Waals surface area (Å²) in [5.41, 5.74) is 2.60. The molecule has 1 heterocycles. The third kappa shape index (κ3) is 8.98. The number of halogens is 1. The molecule has 2 N–H and O–H groups in total. The van der Waals surface area contributed by atoms with E-state index in [4.69, 9.17) is 21.4 Å². The van der Waals surface area contributed by atoms with Gasteiger partial charge in [-0.25, -0.2) is 0 Å². The Morgan fingerprint density at radius 2 is 1.72 bits per heavy atom. The maximum Gasteiger partial charge on any atom is 1.00 e. The van der Waals surface area contributed by atoms with E-state index in [0.717, 1.165) is 27.6 Å². The molecule has 4 aromatic carbocycles. The van der Waals surface area contributed by atoms with Gasteiger partial charge in [0.05, 0.1) is 4.91 Å². The standard InChI is InChI=1S/C27H18ClN2O2S.C3H6O2.Na/c28-22-12-10-18(11-13-22)17-32-24-15-20-7-5-4-6-19(20)14-21(24)16-25-26(31)30-27(33-25)29-23-8-2-1-3-9-23;1-2-3(4)5;/h2-16H,17H2,(H,29,30,31);2H2,1H3,(H,4,5);/q-1;;+1. The largest absolute Gasteiger partial charge is 1.00 e. The monoisotopic (exact) mass is 566 g/mol. The first-order valence-corrected chi connectivity index (χ1v) is 13.0. The van der Waals surface area contributed by atoms with E-state index in [1.807, 2.05) is 78.9 Å². The van der Waals surface area contributed by atoms with Gasteiger partial charge >= 0.3 is 35.5 Å². The Kier molecular flexibility index (Phi) is 11.7. The van der Waals surface area contributed by atoms with Gasteiger partial charge in [-0.1, -0.05) is 54.9 Å². The molecule has 0 aliphatic carbocycles. The van der Waals surface area contributed by atoms with Crippen molar-refractivity contribution in [1.82, 2.24) is 5.32 Å². The van der Waals surface area contributed by atoms with Gasteiger partial charge in [-0.3, -0.25) is 14.6 Å². The molecule has 0 aromatic heterocycles. The first-order chi connectivity index (χ1) is 18.4. The normalized spacial score (nSPS) is 14.4. The second-order valence-corrected chi connectivity index (χ2v) is 9.61. The quantitative estimate of drug-likeness (QED) is 0.207. The number of carboxylic acids is 1. The van der Waals surface area contributed by atoms with Gasteiger partial charge in [-0.2, -0.15) is 18.2 Å². The number of rotatable bonds is 6. The van der Waals surface area contributed by atoms with Crippen LogP contribution in [0.4, 0.5) is 5.69 Å². The molecular formula is C30H24ClN2NaO4S. The van der Waals surface area contributed by atoms with Crippen LogP contribution in [0.15, 0.2) is 94.8 Å². The number of amides is 1. The van der Waals surface area contributed by atoms with Crippen molar-refractivity contribution >= 4 is 62.9 Å². The van der Waals surface area contributed by atoms with Gasteiger partial charge < -0.3 is 15.2 Å². The maximum atomic E-state index is 12.6. The van der Waals surface area contributed by atoms with E-state index >= 15 is 0 Å². The van der Waals surface area contributed by atoms with Crippen LogP contribution in [0.25, 0.3) is 16.8 Å². The van der Waals surface area contributed by atoms with Crippen LogP contribution in [-0.4, -0.2) is 22.2 Å². The minimum absolute atomic E-state index is 0. The number of aliphatic imine (C=N–C) groups is 1. The minimum Gasteiger partial charge on any atom is -0.488 e. The number of amidine groups is 1. The number of hydrogen-bond donors (Lipinski definition) is 2. The van der Waals surface area contributed by atoms with Gasteiger partial charge in [0.25, 0.3) is 5.91 Å². The van der Waals surface area contributed by atoms with Crippen LogP contribution in [0.2, 0.25) is 5.02 Å². The number of fused-ring (bicyclic) bond motifs is 1. The Labute approximate surface area is 258 Å². The second-order valence-electron chi connectivity index (χ2n) is 8.14. The van der Waals surface area contributed by atoms with Gasteiger partial charge in [-0.15, -0.1) is 12.1 Å². The topological polar surface area (TPSA) is 88.0 Å². The average molecular weight is 567 g/mol. The molecule has 5 rings (SSSR count). The van der Waals surface area contributed by atoms with Gasteiger partial charge in [0.1, 0.15) is 12.4 Å². The summed E-state index contributed by atoms with van der Waals surface area (Å²) in [7, 11) is 0. The Morgan fingerprint density at radius 3 is 2.36 bits per heavy atom. The summed E-state index contributed by atoms with van der Waals surface area (Å²) >= 11 is 7.30. The number of carbonyl (C=O) groups is 2. The summed E-state index contributed by atoms with van der Waals surface area (Å²) in [6.07, 6.45) is 2.07. The number of nitrogens with one attached hydrogen (secondary N) is 1. The second kappa shape index (κ2) is 14.9. The number of benzene rings is 4. The molecule has 0 unspecified atom stereocenters. The molecular weight excluding hydrogens is 543 g/mol. The Balaban J connectivity index is 0.000000644. The Bertz CT molecular complexity index is 1510. The van der Waals surface area contributed by atoms with Gasteiger partial charge in [0, 0.05) is 17.0 Å². The molecule has 0 radical (unpaired) electrons. The minimum atomic E-state index is -0.745. The summed E-state index contributed by atoms with van der Waals surface area (Å²) in [6.45, 7) is 1.99. The van der Waals surface area contributed by atoms with Crippen molar-refractivity contribution in [3.8, 4) is 5.75 Å². The number of hydrogen-bond acceptors (Lipinski definition) is 5. The molecule has 1 saturated heterocycles. The van der Waals surface area contributed by atoms with E-state index in [1.165, 1.54) is 11.8 Å². The molecule has 0 saturated carbocycles. The van der Waals surface area contributed by atoms with Crippen molar-refractivity contribution < 1.29 is 49.0 Å². The fourth-order valence-corrected chi connectivity index (χ4v) is 4.37. The van der Waals surface area contributed by atoms with E-state index in [2.05, 4.69) is 16.4 Å². The van der Waals surface area contributed by atoms with Crippen molar-refractivity contribution in [3.63, 3.8) is 0 Å². The molecule has 0 bridgehead atoms. The number of carboxylic acid groups (broad SMARTS) is 1. The Morgan fingerprint density at radius 1 is 1.08 bits per heavy atom. The van der Waals surface area contributed by atoms with Crippen molar-refractivity contribution in [3.05, 3.63) is 112 Å². The average Bonchev–Trinajstić information content (AvgIpc) is 3.27. The van der Waals surface area contributed by atoms with Crippen LogP contribution in [-0.2, 0) is 16.2 Å². The zero-order valence-corrected chi connectivity index (χ0v) is 25.1. The summed E-state index contributed by atoms with van der Waals surface area (Å²) in [5.74, 6) is -0.225. The fourth-order valence-electron chi connectivity index (χ4n) is 3.41. The third-order valence-corrected chi connectivity index (χ3v) is 6.52. The summed E-state index contributed by atoms with van der Waals surface area (Å²) in [4.78, 5) is 27.1. The van der Waals surface area contributed by atoms with Crippen LogP contribution in [0.3, 0.4) is 0 Å². The molecule has 39 heavy (non-hydrogen) atoms. The number of aliphatic carboxylic acids is 1. The van der Waals surface area contributed by atoms with Crippen LogP contribution in [0, 0.1) is 6.07 Å². The molecule has 9 heteroatoms. The molecule has 0 atom stereocenters. The number of ether oxygens (including phenoxy) is 1. The van der Waals surface area contributed by atoms with Crippen molar-refractivity contribution in [2.45, 2.75) is 20.0 Å². The van der Waals surface area contributed by atoms with Crippen LogP contribution < -0.4 is 39.6 Å². The van der Waals surface area contributed by atoms with Gasteiger partial charge in [0.15, 0.2) is 5.17 Å². The summed E-state index contributed by atoms with van der Waals surface area (Å²) < 4.78 is 6.18. The first kappa shape index (κ1) is 30.5. The number of nitrogens with zero attached hydrogens (tertiary/aromatic N) is 1. The van der Waals surface area contributed by atoms with Gasteiger partial charge in [-0.05, 0) is 64.1 Å². The van der Waals surface area contributed by atoms with Gasteiger partial charge in [0.2, 0.25) is 0 Å². The van der Waals surface area contributed by atoms with Crippen molar-refractivity contribution in [1.29, 1.82) is 0 Å². The first-order valence-electron chi connectivity index (χ1n) is 11.8. The molecule has 192 valence electrons. The smallest absolute Gasteiger partial charge is 0.488 e. The fraction of sp³-hybridized carbons (Fsp3) is 0.100. The molecule has 1 amide bonds. The maximum absolute atomic E-state index is 12.6. The summed E-state index contributed by atoms with van der Waals surface area (Å²) in [5, 5.41) is 13.9. The van der Waals surface area contributed by atoms with E-state index in [1.54, 1.807) is 19.1 Å². The Hall–Kier alpha value is -3.07. The predicted molar refractivity (Wildman–Crippen MR) is 154 cm³/mol. The van der Waals surface area contributed by atoms with Crippen molar-refractivity contribution in [2.24, 2.45) is 4.99 Å². The third-order valence-electron chi connectivity index (χ3n) is 5.36. The number of thioether (sulfide) groups is 1. The van der Waals surface area contributed by atoms with Crippen molar-refractivity contribution in [2.75, 3.05) is 0 Å². The molecule has 4 aromatic rings. The molecule has 0 spiro atoms. The molecule has 1 aliphatic heterocycles. The van der Waals surface area contributed by atoms with Crippen LogP contribution >= 0.6 is 23.4 Å². The van der Waals surface area contributed by atoms with E-state index in [9.17, 15) is 9.59 Å².